The Labute approximate surface area is 334 Å². The van der Waals surface area contributed by atoms with Crippen molar-refractivity contribution in [2.45, 2.75) is 165 Å². The van der Waals surface area contributed by atoms with Gasteiger partial charge in [-0.3, -0.25) is 9.59 Å². The number of aliphatic hydroxyl groups excluding tert-OH is 5. The second kappa shape index (κ2) is 17.1. The molecule has 0 amide bonds. The van der Waals surface area contributed by atoms with Gasteiger partial charge in [-0.2, -0.15) is 0 Å². The molecule has 18 heteroatoms. The molecular weight excluding hydrogens is 768 g/mol. The minimum absolute atomic E-state index is 0.0328. The maximum atomic E-state index is 14.5. The summed E-state index contributed by atoms with van der Waals surface area (Å²) in [4.78, 5) is 28.1. The van der Waals surface area contributed by atoms with Gasteiger partial charge in [0.2, 0.25) is 0 Å². The van der Waals surface area contributed by atoms with Crippen LogP contribution in [0.25, 0.3) is 10.8 Å². The lowest BCUT2D eigenvalue weighted by Crippen LogP contribution is -2.58. The van der Waals surface area contributed by atoms with Crippen molar-refractivity contribution in [3.63, 3.8) is 0 Å². The number of hydrogen-bond donors (Lipinski definition) is 9. The van der Waals surface area contributed by atoms with Gasteiger partial charge >= 0.3 is 0 Å². The molecule has 1 aliphatic carbocycles. The highest BCUT2D eigenvalue weighted by atomic mass is 16.7. The SMILES string of the molecule is CO[C@H](C(=O)[C@@H](O)[C@@H](C)O)[C@@H]1Cc2cc3cc(O)c(C)c(O)c3c(O)c2C(=O)[C@H]1O[C@H]1C[C@@H](O[C@H]2C[C@@H](O[C@H]3C[C@](C)(O)[C@H](O)[C@@H](C)O3)[C@@H](O)[C@@H](C)O2)[C@H](O)[C@@H](C)O1. The van der Waals surface area contributed by atoms with Gasteiger partial charge in [-0.05, 0) is 71.0 Å². The van der Waals surface area contributed by atoms with Crippen molar-refractivity contribution < 1.29 is 88.7 Å². The molecule has 0 spiro atoms. The zero-order valence-corrected chi connectivity index (χ0v) is 33.4. The van der Waals surface area contributed by atoms with Crippen LogP contribution in [0.15, 0.2) is 12.1 Å². The normalized spacial score (nSPS) is 38.6. The van der Waals surface area contributed by atoms with E-state index in [1.165, 1.54) is 40.0 Å². The summed E-state index contributed by atoms with van der Waals surface area (Å²) < 4.78 is 41.9. The molecule has 17 atom stereocenters. The molecule has 3 fully saturated rings. The van der Waals surface area contributed by atoms with E-state index in [-0.39, 0.29) is 58.9 Å². The number of Topliss-reactive ketones (excluding diaryl/α,β-unsaturated/α-hetero) is 2. The number of hydrogen-bond acceptors (Lipinski definition) is 18. The first kappa shape index (κ1) is 44.5. The monoisotopic (exact) mass is 824 g/mol. The molecular formula is C40H56O18. The van der Waals surface area contributed by atoms with Crippen molar-refractivity contribution in [2.24, 2.45) is 5.92 Å². The molecule has 3 saturated heterocycles. The molecule has 0 radical (unpaired) electrons. The Bertz CT molecular complexity index is 1830. The van der Waals surface area contributed by atoms with E-state index in [4.69, 9.17) is 33.2 Å². The molecule has 3 aliphatic heterocycles. The number of methoxy groups -OCH3 is 1. The molecule has 0 bridgehead atoms. The van der Waals surface area contributed by atoms with Gasteiger partial charge in [-0.15, -0.1) is 0 Å². The summed E-state index contributed by atoms with van der Waals surface area (Å²) in [5.41, 5.74) is -1.43. The van der Waals surface area contributed by atoms with Crippen molar-refractivity contribution >= 4 is 22.3 Å². The van der Waals surface area contributed by atoms with E-state index in [0.717, 1.165) is 0 Å². The summed E-state index contributed by atoms with van der Waals surface area (Å²) in [5.74, 6) is -4.22. The summed E-state index contributed by atoms with van der Waals surface area (Å²) in [6, 6.07) is 2.80. The molecule has 9 N–H and O–H groups in total. The van der Waals surface area contributed by atoms with E-state index < -0.39 is 127 Å². The van der Waals surface area contributed by atoms with Crippen molar-refractivity contribution in [3.05, 3.63) is 28.8 Å². The Morgan fingerprint density at radius 1 is 0.862 bits per heavy atom. The highest BCUT2D eigenvalue weighted by Crippen LogP contribution is 2.46. The molecule has 0 saturated carbocycles. The van der Waals surface area contributed by atoms with Crippen LogP contribution in [0.5, 0.6) is 17.2 Å². The van der Waals surface area contributed by atoms with Gasteiger partial charge in [-0.1, -0.05) is 0 Å². The lowest BCUT2D eigenvalue weighted by Gasteiger charge is -2.46. The highest BCUT2D eigenvalue weighted by molar-refractivity contribution is 6.11. The van der Waals surface area contributed by atoms with Crippen LogP contribution in [0.2, 0.25) is 0 Å². The number of aromatic hydroxyl groups is 3. The fourth-order valence-electron chi connectivity index (χ4n) is 8.56. The first-order chi connectivity index (χ1) is 27.1. The Morgan fingerprint density at radius 2 is 1.41 bits per heavy atom. The number of ether oxygens (including phenoxy) is 7. The van der Waals surface area contributed by atoms with Crippen molar-refractivity contribution in [1.82, 2.24) is 0 Å². The van der Waals surface area contributed by atoms with Crippen molar-refractivity contribution in [2.75, 3.05) is 7.11 Å². The average Bonchev–Trinajstić information content (AvgIpc) is 3.14. The number of aliphatic hydroxyl groups is 6. The first-order valence-corrected chi connectivity index (χ1v) is 19.5. The molecule has 2 aromatic carbocycles. The Kier molecular flexibility index (Phi) is 13.1. The standard InChI is InChI=1S/C40H56O18/c1-14-22(42)10-20-8-19-9-21(37(52-7)36(49)31(44)15(2)41)38(35(48)29(19)34(47)28(20)30(14)43)58-26-12-23(32(45)17(4)54-26)56-25-11-24(33(46)16(3)53-25)57-27-13-40(6,51)39(50)18(5)55-27/h8,10,15-18,21,23-27,31-33,37-39,41-47,50-51H,9,11-13H2,1-7H3/t15-,16-,17-,18-,21+,23-,24-,25+,26+,27+,31+,32-,33+,37+,38+,39-,40+/m1/s1. The Hall–Kier alpha value is -3.08. The van der Waals surface area contributed by atoms with Crippen LogP contribution in [0.4, 0.5) is 0 Å². The quantitative estimate of drug-likeness (QED) is 0.148. The maximum Gasteiger partial charge on any atom is 0.196 e. The molecule has 0 aromatic heterocycles. The van der Waals surface area contributed by atoms with Gasteiger partial charge in [0.25, 0.3) is 0 Å². The third-order valence-corrected chi connectivity index (χ3v) is 12.0. The maximum absolute atomic E-state index is 14.5. The van der Waals surface area contributed by atoms with Crippen LogP contribution in [0.3, 0.4) is 0 Å². The zero-order chi connectivity index (χ0) is 42.7. The predicted molar refractivity (Wildman–Crippen MR) is 199 cm³/mol. The Balaban J connectivity index is 1.26. The van der Waals surface area contributed by atoms with Crippen LogP contribution >= 0.6 is 0 Å². The van der Waals surface area contributed by atoms with Gasteiger partial charge in [0.05, 0.1) is 53.2 Å². The van der Waals surface area contributed by atoms with Crippen LogP contribution in [-0.4, -0.2) is 162 Å². The predicted octanol–water partition coefficient (Wildman–Crippen LogP) is 0.340. The van der Waals surface area contributed by atoms with E-state index >= 15 is 0 Å². The number of carbonyl (C=O) groups excluding carboxylic acids is 2. The number of phenolic OH excluding ortho intramolecular Hbond substituents is 3. The number of ketones is 2. The topological polar surface area (TPSA) is 281 Å². The highest BCUT2D eigenvalue weighted by Gasteiger charge is 2.51. The van der Waals surface area contributed by atoms with Gasteiger partial charge < -0.3 is 79.1 Å². The van der Waals surface area contributed by atoms with Gasteiger partial charge in [-0.25, -0.2) is 0 Å². The van der Waals surface area contributed by atoms with Gasteiger partial charge in [0.1, 0.15) is 53.9 Å². The summed E-state index contributed by atoms with van der Waals surface area (Å²) in [5, 5.41) is 96.8. The fourth-order valence-corrected chi connectivity index (χ4v) is 8.56. The molecule has 58 heavy (non-hydrogen) atoms. The minimum atomic E-state index is -1.89. The number of phenols is 3. The smallest absolute Gasteiger partial charge is 0.196 e. The largest absolute Gasteiger partial charge is 0.508 e. The lowest BCUT2D eigenvalue weighted by molar-refractivity contribution is -0.334. The lowest BCUT2D eigenvalue weighted by atomic mass is 9.75. The average molecular weight is 825 g/mol. The first-order valence-electron chi connectivity index (χ1n) is 19.5. The van der Waals surface area contributed by atoms with E-state index in [1.807, 2.05) is 0 Å². The van der Waals surface area contributed by atoms with Gasteiger partial charge in [0, 0.05) is 37.9 Å². The van der Waals surface area contributed by atoms with Crippen LogP contribution in [0.1, 0.15) is 75.4 Å². The number of fused-ring (bicyclic) bond motifs is 2. The van der Waals surface area contributed by atoms with Crippen LogP contribution in [-0.2, 0) is 44.4 Å². The zero-order valence-electron chi connectivity index (χ0n) is 33.4. The molecule has 4 aliphatic rings. The second-order valence-corrected chi connectivity index (χ2v) is 16.4. The third kappa shape index (κ3) is 8.45. The second-order valence-electron chi connectivity index (χ2n) is 16.4. The summed E-state index contributed by atoms with van der Waals surface area (Å²) in [6.07, 6.45) is -18.2. The molecule has 18 nitrogen and oxygen atoms in total. The van der Waals surface area contributed by atoms with Crippen LogP contribution in [0, 0.1) is 12.8 Å². The van der Waals surface area contributed by atoms with E-state index in [1.54, 1.807) is 20.8 Å². The summed E-state index contributed by atoms with van der Waals surface area (Å²) in [7, 11) is 1.19. The minimum Gasteiger partial charge on any atom is -0.508 e. The third-order valence-electron chi connectivity index (χ3n) is 12.0. The molecule has 2 aromatic rings. The summed E-state index contributed by atoms with van der Waals surface area (Å²) >= 11 is 0. The molecule has 6 rings (SSSR count). The number of carbonyl (C=O) groups is 2. The summed E-state index contributed by atoms with van der Waals surface area (Å²) in [6.45, 7) is 8.85. The van der Waals surface area contributed by atoms with E-state index in [2.05, 4.69) is 0 Å². The number of benzene rings is 2. The van der Waals surface area contributed by atoms with Gasteiger partial charge in [0.15, 0.2) is 30.4 Å². The van der Waals surface area contributed by atoms with Crippen molar-refractivity contribution in [1.29, 1.82) is 0 Å². The van der Waals surface area contributed by atoms with Crippen LogP contribution < -0.4 is 0 Å². The van der Waals surface area contributed by atoms with E-state index in [9.17, 15) is 55.5 Å². The van der Waals surface area contributed by atoms with Crippen molar-refractivity contribution in [3.8, 4) is 17.2 Å². The van der Waals surface area contributed by atoms with E-state index in [0.29, 0.717) is 0 Å². The molecule has 3 heterocycles. The molecule has 0 unspecified atom stereocenters. The Morgan fingerprint density at radius 3 is 1.97 bits per heavy atom. The molecule has 324 valence electrons. The fraction of sp³-hybridized carbons (Fsp3) is 0.700. The number of rotatable bonds is 11.